The molecule has 0 aromatic carbocycles. The topological polar surface area (TPSA) is 40.5 Å². The molecule has 1 saturated heterocycles. The van der Waals surface area contributed by atoms with Crippen LogP contribution in [0.4, 0.5) is 0 Å². The lowest BCUT2D eigenvalue weighted by atomic mass is 10.0. The zero-order valence-corrected chi connectivity index (χ0v) is 12.2. The predicted molar refractivity (Wildman–Crippen MR) is 77.2 cm³/mol. The van der Waals surface area contributed by atoms with Crippen LogP contribution in [0.3, 0.4) is 0 Å². The Kier molecular flexibility index (Phi) is 4.28. The number of hydrogen-bond donors (Lipinski definition) is 1. The molecule has 1 fully saturated rings. The molecule has 1 aromatic heterocycles. The molecule has 1 aliphatic rings. The second-order valence-electron chi connectivity index (χ2n) is 5.35. The molecule has 4 heteroatoms. The molecule has 102 valence electrons. The maximum Gasteiger partial charge on any atom is 0.255 e. The molecule has 0 aliphatic carbocycles. The van der Waals surface area contributed by atoms with E-state index in [9.17, 15) is 4.79 Å². The van der Waals surface area contributed by atoms with Crippen molar-refractivity contribution in [2.24, 2.45) is 0 Å². The van der Waals surface area contributed by atoms with Gasteiger partial charge >= 0.3 is 0 Å². The second kappa shape index (κ2) is 5.77. The second-order valence-corrected chi connectivity index (χ2v) is 6.26. The van der Waals surface area contributed by atoms with Crippen molar-refractivity contribution in [2.75, 3.05) is 13.2 Å². The minimum absolute atomic E-state index is 0.0399. The Bertz CT molecular complexity index is 522. The summed E-state index contributed by atoms with van der Waals surface area (Å²) in [6.45, 7) is 5.15. The van der Waals surface area contributed by atoms with Crippen LogP contribution in [0.5, 0.6) is 0 Å². The Hall–Kier alpha value is -1.31. The summed E-state index contributed by atoms with van der Waals surface area (Å²) in [6, 6.07) is 1.85. The number of hydrogen-bond acceptors (Lipinski definition) is 3. The fourth-order valence-corrected chi connectivity index (χ4v) is 3.11. The average Bonchev–Trinajstić information content (AvgIpc) is 2.95. The third-order valence-corrected chi connectivity index (χ3v) is 4.29. The lowest BCUT2D eigenvalue weighted by Crippen LogP contribution is -2.42. The number of carbonyl (C=O) groups is 1. The van der Waals surface area contributed by atoms with E-state index in [0.29, 0.717) is 6.42 Å². The van der Waals surface area contributed by atoms with Crippen molar-refractivity contribution < 1.29 is 9.90 Å². The van der Waals surface area contributed by atoms with Crippen LogP contribution in [-0.4, -0.2) is 34.6 Å². The van der Waals surface area contributed by atoms with Gasteiger partial charge in [0.25, 0.3) is 5.91 Å². The Balaban J connectivity index is 2.11. The number of nitrogens with zero attached hydrogens (tertiary/aromatic N) is 1. The van der Waals surface area contributed by atoms with Crippen LogP contribution in [0.25, 0.3) is 0 Å². The quantitative estimate of drug-likeness (QED) is 0.844. The van der Waals surface area contributed by atoms with Gasteiger partial charge in [-0.25, -0.2) is 0 Å². The van der Waals surface area contributed by atoms with Crippen LogP contribution >= 0.6 is 11.3 Å². The Morgan fingerprint density at radius 3 is 3.00 bits per heavy atom. The van der Waals surface area contributed by atoms with Gasteiger partial charge in [0.15, 0.2) is 0 Å². The van der Waals surface area contributed by atoms with E-state index in [2.05, 4.69) is 25.7 Å². The molecule has 1 aliphatic heterocycles. The van der Waals surface area contributed by atoms with E-state index in [0.717, 1.165) is 29.8 Å². The van der Waals surface area contributed by atoms with Crippen molar-refractivity contribution in [1.29, 1.82) is 0 Å². The lowest BCUT2D eigenvalue weighted by molar-refractivity contribution is 0.0652. The van der Waals surface area contributed by atoms with Crippen LogP contribution in [0, 0.1) is 11.8 Å². The van der Waals surface area contributed by atoms with Crippen LogP contribution < -0.4 is 0 Å². The Labute approximate surface area is 118 Å². The summed E-state index contributed by atoms with van der Waals surface area (Å²) in [7, 11) is 0. The zero-order chi connectivity index (χ0) is 13.9. The third-order valence-electron chi connectivity index (χ3n) is 3.44. The number of aliphatic hydroxyl groups excluding tert-OH is 1. The van der Waals surface area contributed by atoms with E-state index < -0.39 is 0 Å². The van der Waals surface area contributed by atoms with Crippen molar-refractivity contribution in [3.8, 4) is 11.8 Å². The van der Waals surface area contributed by atoms with Gasteiger partial charge in [0.1, 0.15) is 0 Å². The molecule has 1 aromatic rings. The molecule has 1 amide bonds. The van der Waals surface area contributed by atoms with Gasteiger partial charge in [-0.3, -0.25) is 4.79 Å². The first-order valence-electron chi connectivity index (χ1n) is 6.55. The molecule has 1 N–H and O–H groups in total. The molecule has 0 atom stereocenters. The van der Waals surface area contributed by atoms with Gasteiger partial charge in [0, 0.05) is 23.9 Å². The normalized spacial score (nSPS) is 17.1. The zero-order valence-electron chi connectivity index (χ0n) is 11.4. The Morgan fingerprint density at radius 2 is 2.37 bits per heavy atom. The summed E-state index contributed by atoms with van der Waals surface area (Å²) in [5, 5.41) is 10.6. The predicted octanol–water partition coefficient (Wildman–Crippen LogP) is 2.50. The monoisotopic (exact) mass is 277 g/mol. The van der Waals surface area contributed by atoms with Crippen LogP contribution in [0.1, 0.15) is 48.3 Å². The highest BCUT2D eigenvalue weighted by molar-refractivity contribution is 7.10. The highest BCUT2D eigenvalue weighted by atomic mass is 32.1. The van der Waals surface area contributed by atoms with Gasteiger partial charge < -0.3 is 10.0 Å². The lowest BCUT2D eigenvalue weighted by Gasteiger charge is -2.31. The highest BCUT2D eigenvalue weighted by Crippen LogP contribution is 2.30. The molecule has 19 heavy (non-hydrogen) atoms. The number of aliphatic hydroxyl groups is 1. The van der Waals surface area contributed by atoms with E-state index >= 15 is 0 Å². The fourth-order valence-electron chi connectivity index (χ4n) is 2.36. The first kappa shape index (κ1) is 14.1. The summed E-state index contributed by atoms with van der Waals surface area (Å²) < 4.78 is 0. The number of rotatable bonds is 2. The molecule has 3 nitrogen and oxygen atoms in total. The van der Waals surface area contributed by atoms with Crippen LogP contribution in [-0.2, 0) is 0 Å². The maximum absolute atomic E-state index is 12.5. The number of likely N-dealkylation sites (tertiary alicyclic amines) is 1. The van der Waals surface area contributed by atoms with E-state index in [1.165, 1.54) is 11.3 Å². The molecule has 0 unspecified atom stereocenters. The number of amides is 1. The molecular weight excluding hydrogens is 258 g/mol. The van der Waals surface area contributed by atoms with E-state index in [1.54, 1.807) is 0 Å². The van der Waals surface area contributed by atoms with Crippen molar-refractivity contribution in [3.05, 3.63) is 21.9 Å². The van der Waals surface area contributed by atoms with E-state index in [1.807, 2.05) is 16.3 Å². The standard InChI is InChI=1S/C15H19NO2S/c1-15(2)7-5-8-16(15)14(18)12-10-13(19-11-12)6-3-4-9-17/h10-11,17H,4-5,7-9H2,1-2H3. The maximum atomic E-state index is 12.5. The summed E-state index contributed by atoms with van der Waals surface area (Å²) in [5.41, 5.74) is 0.690. The molecular formula is C15H19NO2S. The van der Waals surface area contributed by atoms with E-state index in [-0.39, 0.29) is 18.1 Å². The highest BCUT2D eigenvalue weighted by Gasteiger charge is 2.35. The van der Waals surface area contributed by atoms with Crippen LogP contribution in [0.15, 0.2) is 11.4 Å². The van der Waals surface area contributed by atoms with Gasteiger partial charge in [-0.2, -0.15) is 0 Å². The molecule has 2 heterocycles. The Morgan fingerprint density at radius 1 is 1.58 bits per heavy atom. The van der Waals surface area contributed by atoms with Gasteiger partial charge in [-0.15, -0.1) is 11.3 Å². The first-order chi connectivity index (χ1) is 9.04. The summed E-state index contributed by atoms with van der Waals surface area (Å²) in [4.78, 5) is 15.3. The molecule has 0 radical (unpaired) electrons. The largest absolute Gasteiger partial charge is 0.395 e. The SMILES string of the molecule is CC1(C)CCCN1C(=O)c1csc(C#CCCO)c1. The van der Waals surface area contributed by atoms with E-state index in [4.69, 9.17) is 5.11 Å². The molecule has 0 bridgehead atoms. The molecule has 2 rings (SSSR count). The first-order valence-corrected chi connectivity index (χ1v) is 7.43. The van der Waals surface area contributed by atoms with Crippen LogP contribution in [0.2, 0.25) is 0 Å². The van der Waals surface area contributed by atoms with Gasteiger partial charge in [-0.1, -0.05) is 11.8 Å². The average molecular weight is 277 g/mol. The van der Waals surface area contributed by atoms with Crippen molar-refractivity contribution in [2.45, 2.75) is 38.6 Å². The summed E-state index contributed by atoms with van der Waals surface area (Å²) in [5.74, 6) is 5.95. The third kappa shape index (κ3) is 3.17. The van der Waals surface area contributed by atoms with Gasteiger partial charge in [-0.05, 0) is 32.8 Å². The minimum atomic E-state index is -0.0399. The fraction of sp³-hybridized carbons (Fsp3) is 0.533. The molecule has 0 saturated carbocycles. The van der Waals surface area contributed by atoms with Gasteiger partial charge in [0.2, 0.25) is 0 Å². The number of thiophene rings is 1. The van der Waals surface area contributed by atoms with Crippen molar-refractivity contribution in [3.63, 3.8) is 0 Å². The summed E-state index contributed by atoms with van der Waals surface area (Å²) >= 11 is 1.48. The summed E-state index contributed by atoms with van der Waals surface area (Å²) in [6.07, 6.45) is 2.61. The van der Waals surface area contributed by atoms with Gasteiger partial charge in [0.05, 0.1) is 17.0 Å². The van der Waals surface area contributed by atoms with Crippen molar-refractivity contribution >= 4 is 17.2 Å². The number of carbonyl (C=O) groups excluding carboxylic acids is 1. The minimum Gasteiger partial charge on any atom is -0.395 e. The smallest absolute Gasteiger partial charge is 0.255 e. The molecule has 0 spiro atoms. The van der Waals surface area contributed by atoms with Crippen molar-refractivity contribution in [1.82, 2.24) is 4.90 Å².